The van der Waals surface area contributed by atoms with E-state index in [0.717, 1.165) is 38.0 Å². The zero-order chi connectivity index (χ0) is 12.4. The van der Waals surface area contributed by atoms with Crippen molar-refractivity contribution in [1.82, 2.24) is 4.90 Å². The van der Waals surface area contributed by atoms with E-state index < -0.39 is 0 Å². The van der Waals surface area contributed by atoms with Crippen LogP contribution in [0.4, 0.5) is 0 Å². The molecule has 2 nitrogen and oxygen atoms in total. The Kier molecular flexibility index (Phi) is 5.09. The standard InChI is InChI=1S/C11H12Br3NOS/c12-5-7-2-1-3-15(6-7)11(16)9-4-8(13)10(14)17-9/h4,7H,1-3,5-6H2. The molecule has 0 bridgehead atoms. The molecule has 1 atom stereocenters. The number of alkyl halides is 1. The van der Waals surface area contributed by atoms with Crippen LogP contribution in [-0.2, 0) is 0 Å². The van der Waals surface area contributed by atoms with Gasteiger partial charge in [0.2, 0.25) is 0 Å². The van der Waals surface area contributed by atoms with Crippen molar-refractivity contribution in [2.45, 2.75) is 12.8 Å². The van der Waals surface area contributed by atoms with Gasteiger partial charge in [-0.3, -0.25) is 4.79 Å². The van der Waals surface area contributed by atoms with Gasteiger partial charge in [0.1, 0.15) is 0 Å². The quantitative estimate of drug-likeness (QED) is 0.613. The summed E-state index contributed by atoms with van der Waals surface area (Å²) in [6.45, 7) is 1.76. The van der Waals surface area contributed by atoms with Crippen LogP contribution in [0.5, 0.6) is 0 Å². The third-order valence-electron chi connectivity index (χ3n) is 2.88. The second-order valence-electron chi connectivity index (χ2n) is 4.15. The predicted octanol–water partition coefficient (Wildman–Crippen LogP) is 4.52. The fourth-order valence-electron chi connectivity index (χ4n) is 1.98. The highest BCUT2D eigenvalue weighted by atomic mass is 79.9. The largest absolute Gasteiger partial charge is 0.338 e. The number of halogens is 3. The van der Waals surface area contributed by atoms with E-state index in [2.05, 4.69) is 47.8 Å². The maximum atomic E-state index is 12.3. The maximum Gasteiger partial charge on any atom is 0.264 e. The summed E-state index contributed by atoms with van der Waals surface area (Å²) in [6.07, 6.45) is 2.32. The van der Waals surface area contributed by atoms with E-state index >= 15 is 0 Å². The third-order valence-corrected chi connectivity index (χ3v) is 7.04. The number of carbonyl (C=O) groups is 1. The van der Waals surface area contributed by atoms with Crippen LogP contribution in [0.1, 0.15) is 22.5 Å². The molecule has 1 aliphatic heterocycles. The molecule has 6 heteroatoms. The third kappa shape index (κ3) is 3.33. The second kappa shape index (κ2) is 6.17. The first-order chi connectivity index (χ1) is 8.11. The van der Waals surface area contributed by atoms with Crippen LogP contribution in [0.25, 0.3) is 0 Å². The van der Waals surface area contributed by atoms with Gasteiger partial charge in [-0.1, -0.05) is 15.9 Å². The molecular formula is C11H12Br3NOS. The van der Waals surface area contributed by atoms with Gasteiger partial charge in [-0.25, -0.2) is 0 Å². The molecule has 1 aliphatic rings. The minimum absolute atomic E-state index is 0.159. The summed E-state index contributed by atoms with van der Waals surface area (Å²) in [4.78, 5) is 15.1. The Bertz CT molecular complexity index is 401. The van der Waals surface area contributed by atoms with Crippen LogP contribution < -0.4 is 0 Å². The molecule has 1 fully saturated rings. The van der Waals surface area contributed by atoms with Gasteiger partial charge in [-0.2, -0.15) is 0 Å². The predicted molar refractivity (Wildman–Crippen MR) is 82.1 cm³/mol. The molecule has 1 unspecified atom stereocenters. The molecule has 94 valence electrons. The van der Waals surface area contributed by atoms with Crippen LogP contribution in [0.15, 0.2) is 14.3 Å². The summed E-state index contributed by atoms with van der Waals surface area (Å²) >= 11 is 11.8. The molecule has 2 rings (SSSR count). The van der Waals surface area contributed by atoms with Crippen LogP contribution in [0, 0.1) is 5.92 Å². The van der Waals surface area contributed by atoms with Crippen LogP contribution >= 0.6 is 59.1 Å². The molecule has 1 aromatic heterocycles. The van der Waals surface area contributed by atoms with Gasteiger partial charge in [0, 0.05) is 22.9 Å². The first kappa shape index (κ1) is 14.0. The molecule has 17 heavy (non-hydrogen) atoms. The minimum atomic E-state index is 0.159. The Hall–Kier alpha value is 0.610. The molecule has 1 amide bonds. The number of rotatable bonds is 2. The van der Waals surface area contributed by atoms with E-state index in [1.165, 1.54) is 17.8 Å². The Labute approximate surface area is 130 Å². The van der Waals surface area contributed by atoms with Gasteiger partial charge in [0.25, 0.3) is 5.91 Å². The summed E-state index contributed by atoms with van der Waals surface area (Å²) in [5, 5.41) is 0.981. The number of nitrogens with zero attached hydrogens (tertiary/aromatic N) is 1. The topological polar surface area (TPSA) is 20.3 Å². The first-order valence-electron chi connectivity index (χ1n) is 5.42. The minimum Gasteiger partial charge on any atom is -0.338 e. The van der Waals surface area contributed by atoms with Crippen molar-refractivity contribution >= 4 is 65.0 Å². The molecule has 1 aromatic rings. The number of thiophene rings is 1. The van der Waals surface area contributed by atoms with E-state index in [1.54, 1.807) is 0 Å². The molecular weight excluding hydrogens is 434 g/mol. The summed E-state index contributed by atoms with van der Waals surface area (Å²) < 4.78 is 1.94. The maximum absolute atomic E-state index is 12.3. The molecule has 1 saturated heterocycles. The lowest BCUT2D eigenvalue weighted by Crippen LogP contribution is -2.40. The highest BCUT2D eigenvalue weighted by Gasteiger charge is 2.25. The monoisotopic (exact) mass is 443 g/mol. The summed E-state index contributed by atoms with van der Waals surface area (Å²) in [7, 11) is 0. The lowest BCUT2D eigenvalue weighted by molar-refractivity contribution is 0.0691. The molecule has 0 radical (unpaired) electrons. The van der Waals surface area contributed by atoms with Crippen molar-refractivity contribution in [3.63, 3.8) is 0 Å². The van der Waals surface area contributed by atoms with E-state index in [-0.39, 0.29) is 5.91 Å². The number of amides is 1. The van der Waals surface area contributed by atoms with Gasteiger partial charge in [0.05, 0.1) is 8.66 Å². The van der Waals surface area contributed by atoms with Crippen molar-refractivity contribution in [3.8, 4) is 0 Å². The number of hydrogen-bond donors (Lipinski definition) is 0. The average molecular weight is 446 g/mol. The van der Waals surface area contributed by atoms with Crippen LogP contribution in [0.3, 0.4) is 0 Å². The summed E-state index contributed by atoms with van der Waals surface area (Å²) in [6, 6.07) is 1.90. The zero-order valence-corrected chi connectivity index (χ0v) is 14.7. The SMILES string of the molecule is O=C(c1cc(Br)c(Br)s1)N1CCCC(CBr)C1. The first-order valence-corrected chi connectivity index (χ1v) is 8.94. The Balaban J connectivity index is 2.09. The number of likely N-dealkylation sites (tertiary alicyclic amines) is 1. The Morgan fingerprint density at radius 3 is 2.88 bits per heavy atom. The molecule has 0 aliphatic carbocycles. The van der Waals surface area contributed by atoms with Gasteiger partial charge >= 0.3 is 0 Å². The van der Waals surface area contributed by atoms with E-state index in [9.17, 15) is 4.79 Å². The smallest absolute Gasteiger partial charge is 0.264 e. The average Bonchev–Trinajstić information content (AvgIpc) is 2.69. The van der Waals surface area contributed by atoms with E-state index in [0.29, 0.717) is 5.92 Å². The van der Waals surface area contributed by atoms with Gasteiger partial charge in [-0.15, -0.1) is 11.3 Å². The van der Waals surface area contributed by atoms with Gasteiger partial charge in [-0.05, 0) is 56.7 Å². The van der Waals surface area contributed by atoms with Gasteiger partial charge in [0.15, 0.2) is 0 Å². The zero-order valence-electron chi connectivity index (χ0n) is 9.09. The van der Waals surface area contributed by atoms with Gasteiger partial charge < -0.3 is 4.90 Å². The van der Waals surface area contributed by atoms with Crippen molar-refractivity contribution in [2.75, 3.05) is 18.4 Å². The molecule has 0 saturated carbocycles. The second-order valence-corrected chi connectivity index (χ2v) is 8.02. The van der Waals surface area contributed by atoms with E-state index in [1.807, 2.05) is 11.0 Å². The van der Waals surface area contributed by atoms with Crippen LogP contribution in [-0.4, -0.2) is 29.2 Å². The van der Waals surface area contributed by atoms with Crippen molar-refractivity contribution < 1.29 is 4.79 Å². The molecule has 2 heterocycles. The highest BCUT2D eigenvalue weighted by Crippen LogP contribution is 2.33. The fourth-order valence-corrected chi connectivity index (χ4v) is 4.52. The van der Waals surface area contributed by atoms with Crippen LogP contribution in [0.2, 0.25) is 0 Å². The normalized spacial score (nSPS) is 20.6. The highest BCUT2D eigenvalue weighted by molar-refractivity contribution is 9.13. The molecule has 0 aromatic carbocycles. The van der Waals surface area contributed by atoms with Crippen molar-refractivity contribution in [1.29, 1.82) is 0 Å². The number of hydrogen-bond acceptors (Lipinski definition) is 2. The Morgan fingerprint density at radius 2 is 2.29 bits per heavy atom. The van der Waals surface area contributed by atoms with Crippen molar-refractivity contribution in [3.05, 3.63) is 19.2 Å². The summed E-state index contributed by atoms with van der Waals surface area (Å²) in [5.41, 5.74) is 0. The van der Waals surface area contributed by atoms with Crippen molar-refractivity contribution in [2.24, 2.45) is 5.92 Å². The number of carbonyl (C=O) groups excluding carboxylic acids is 1. The molecule has 0 N–H and O–H groups in total. The Morgan fingerprint density at radius 1 is 1.53 bits per heavy atom. The lowest BCUT2D eigenvalue weighted by Gasteiger charge is -2.31. The lowest BCUT2D eigenvalue weighted by atomic mass is 10.0. The number of piperidine rings is 1. The summed E-state index contributed by atoms with van der Waals surface area (Å²) in [5.74, 6) is 0.756. The fraction of sp³-hybridized carbons (Fsp3) is 0.545. The molecule has 0 spiro atoms. The van der Waals surface area contributed by atoms with E-state index in [4.69, 9.17) is 0 Å².